The highest BCUT2D eigenvalue weighted by atomic mass is 16.5. The van der Waals surface area contributed by atoms with Gasteiger partial charge in [0.05, 0.1) is 38.6 Å². The zero-order valence-electron chi connectivity index (χ0n) is 24.0. The Morgan fingerprint density at radius 3 is 2.51 bits per heavy atom. The van der Waals surface area contributed by atoms with Gasteiger partial charge >= 0.3 is 0 Å². The minimum Gasteiger partial charge on any atom is -0.497 e. The van der Waals surface area contributed by atoms with E-state index in [-0.39, 0.29) is 30.1 Å². The van der Waals surface area contributed by atoms with Crippen LogP contribution < -0.4 is 9.47 Å². The molecule has 1 aromatic rings. The van der Waals surface area contributed by atoms with Gasteiger partial charge in [-0.05, 0) is 68.3 Å². The molecule has 3 fully saturated rings. The molecule has 4 N–H and O–H groups in total. The molecule has 0 amide bonds. The molecule has 3 saturated carbocycles. The number of nitrogens with zero attached hydrogens (tertiary/aromatic N) is 1. The number of methoxy groups -OCH3 is 2. The van der Waals surface area contributed by atoms with E-state index in [1.54, 1.807) is 14.2 Å². The molecule has 0 heterocycles. The third-order valence-corrected chi connectivity index (χ3v) is 10.9. The van der Waals surface area contributed by atoms with Gasteiger partial charge in [0.25, 0.3) is 0 Å². The Morgan fingerprint density at radius 2 is 1.79 bits per heavy atom. The first-order valence-corrected chi connectivity index (χ1v) is 14.6. The number of aliphatic hydroxyl groups is 4. The smallest absolute Gasteiger partial charge is 0.127 e. The lowest BCUT2D eigenvalue weighted by molar-refractivity contribution is -0.107. The minimum absolute atomic E-state index is 0.105. The lowest BCUT2D eigenvalue weighted by atomic mass is 9.50. The summed E-state index contributed by atoms with van der Waals surface area (Å²) >= 11 is 0. The van der Waals surface area contributed by atoms with Crippen molar-refractivity contribution in [3.63, 3.8) is 0 Å². The van der Waals surface area contributed by atoms with Crippen molar-refractivity contribution in [2.24, 2.45) is 22.7 Å². The molecule has 1 aromatic carbocycles. The zero-order valence-corrected chi connectivity index (χ0v) is 24.0. The number of rotatable bonds is 9. The molecule has 0 spiro atoms. The summed E-state index contributed by atoms with van der Waals surface area (Å²) in [7, 11) is 3.25. The highest BCUT2D eigenvalue weighted by molar-refractivity contribution is 5.41. The first-order valence-electron chi connectivity index (χ1n) is 14.6. The third-order valence-electron chi connectivity index (χ3n) is 10.9. The Morgan fingerprint density at radius 1 is 1.03 bits per heavy atom. The summed E-state index contributed by atoms with van der Waals surface area (Å²) in [4.78, 5) is 2.07. The minimum atomic E-state index is -0.925. The van der Waals surface area contributed by atoms with Gasteiger partial charge < -0.3 is 29.9 Å². The Bertz CT molecular complexity index is 1120. The molecule has 216 valence electrons. The largest absolute Gasteiger partial charge is 0.497 e. The van der Waals surface area contributed by atoms with E-state index in [0.717, 1.165) is 44.1 Å². The summed E-state index contributed by atoms with van der Waals surface area (Å²) in [6.45, 7) is 5.48. The molecule has 0 bridgehead atoms. The van der Waals surface area contributed by atoms with Gasteiger partial charge in [-0.2, -0.15) is 0 Å². The number of aliphatic hydroxyl groups excluding tert-OH is 3. The predicted molar refractivity (Wildman–Crippen MR) is 151 cm³/mol. The first kappa shape index (κ1) is 28.6. The Balaban J connectivity index is 1.41. The average Bonchev–Trinajstić information content (AvgIpc) is 3.19. The molecule has 4 aliphatic carbocycles. The second kappa shape index (κ2) is 10.8. The van der Waals surface area contributed by atoms with Gasteiger partial charge in [0.15, 0.2) is 0 Å². The summed E-state index contributed by atoms with van der Waals surface area (Å²) in [5, 5.41) is 42.8. The number of hydrogen-bond acceptors (Lipinski definition) is 7. The lowest BCUT2D eigenvalue weighted by Crippen LogP contribution is -2.56. The molecule has 7 atom stereocenters. The maximum absolute atomic E-state index is 12.4. The van der Waals surface area contributed by atoms with E-state index in [2.05, 4.69) is 30.9 Å². The maximum Gasteiger partial charge on any atom is 0.127 e. The molecule has 0 aromatic heterocycles. The summed E-state index contributed by atoms with van der Waals surface area (Å²) in [6.07, 6.45) is 9.77. The van der Waals surface area contributed by atoms with E-state index in [0.29, 0.717) is 42.8 Å². The van der Waals surface area contributed by atoms with Crippen molar-refractivity contribution in [2.75, 3.05) is 33.9 Å². The standard InChI is InChI=1S/C32H47NO6/c1-30-12-9-23(35)15-22(30)6-8-26-27(30)10-13-31(2)28(26)11-14-32(31,37)20-33(18-24(36)19-34)17-21-5-7-25(38-3)16-29(21)39-4/h5-8,16,23-24,27-28,34-37H,9-15,17-20H2,1-4H3. The Hall–Kier alpha value is -1.90. The molecule has 0 saturated heterocycles. The first-order chi connectivity index (χ1) is 18.6. The van der Waals surface area contributed by atoms with Crippen molar-refractivity contribution in [3.05, 3.63) is 47.1 Å². The van der Waals surface area contributed by atoms with Gasteiger partial charge in [0.2, 0.25) is 0 Å². The van der Waals surface area contributed by atoms with Gasteiger partial charge in [-0.3, -0.25) is 4.90 Å². The van der Waals surface area contributed by atoms with Crippen LogP contribution in [-0.4, -0.2) is 77.1 Å². The van der Waals surface area contributed by atoms with Crippen molar-refractivity contribution >= 4 is 0 Å². The highest BCUT2D eigenvalue weighted by Crippen LogP contribution is 2.66. The zero-order chi connectivity index (χ0) is 28.0. The third kappa shape index (κ3) is 4.95. The van der Waals surface area contributed by atoms with Crippen LogP contribution in [0.2, 0.25) is 0 Å². The van der Waals surface area contributed by atoms with Gasteiger partial charge in [-0.15, -0.1) is 0 Å². The van der Waals surface area contributed by atoms with Crippen LogP contribution in [0.15, 0.2) is 41.5 Å². The molecule has 7 heteroatoms. The Kier molecular flexibility index (Phi) is 7.94. The van der Waals surface area contributed by atoms with Crippen LogP contribution in [0.5, 0.6) is 11.5 Å². The number of allylic oxidation sites excluding steroid dienone is 3. The quantitative estimate of drug-likeness (QED) is 0.377. The van der Waals surface area contributed by atoms with Crippen LogP contribution in [0.3, 0.4) is 0 Å². The number of ether oxygens (including phenoxy) is 2. The van der Waals surface area contributed by atoms with E-state index in [1.807, 2.05) is 18.2 Å². The van der Waals surface area contributed by atoms with Crippen molar-refractivity contribution < 1.29 is 29.9 Å². The fraction of sp³-hybridized carbons (Fsp3) is 0.688. The number of hydrogen-bond donors (Lipinski definition) is 4. The fourth-order valence-corrected chi connectivity index (χ4v) is 8.49. The van der Waals surface area contributed by atoms with E-state index in [1.165, 1.54) is 11.1 Å². The van der Waals surface area contributed by atoms with Crippen LogP contribution in [0, 0.1) is 22.7 Å². The molecule has 39 heavy (non-hydrogen) atoms. The van der Waals surface area contributed by atoms with Crippen LogP contribution in [0.1, 0.15) is 64.4 Å². The molecule has 0 aliphatic heterocycles. The van der Waals surface area contributed by atoms with Gasteiger partial charge in [-0.25, -0.2) is 0 Å². The summed E-state index contributed by atoms with van der Waals surface area (Å²) in [5.41, 5.74) is 2.72. The van der Waals surface area contributed by atoms with Crippen molar-refractivity contribution in [2.45, 2.75) is 83.1 Å². The van der Waals surface area contributed by atoms with Crippen LogP contribution in [0.4, 0.5) is 0 Å². The number of benzene rings is 1. The van der Waals surface area contributed by atoms with Gasteiger partial charge in [0.1, 0.15) is 11.5 Å². The molecular weight excluding hydrogens is 494 g/mol. The van der Waals surface area contributed by atoms with Crippen molar-refractivity contribution in [1.29, 1.82) is 0 Å². The van der Waals surface area contributed by atoms with E-state index in [4.69, 9.17) is 9.47 Å². The van der Waals surface area contributed by atoms with Crippen LogP contribution in [-0.2, 0) is 6.54 Å². The normalized spacial score (nSPS) is 36.4. The van der Waals surface area contributed by atoms with Crippen molar-refractivity contribution in [3.8, 4) is 11.5 Å². The molecule has 5 rings (SSSR count). The van der Waals surface area contributed by atoms with E-state index >= 15 is 0 Å². The topological polar surface area (TPSA) is 103 Å². The second-order valence-electron chi connectivity index (χ2n) is 13.0. The van der Waals surface area contributed by atoms with E-state index in [9.17, 15) is 20.4 Å². The molecule has 4 aliphatic rings. The van der Waals surface area contributed by atoms with Gasteiger partial charge in [-0.1, -0.05) is 43.2 Å². The van der Waals surface area contributed by atoms with Gasteiger partial charge in [0, 0.05) is 36.7 Å². The monoisotopic (exact) mass is 541 g/mol. The molecule has 0 radical (unpaired) electrons. The second-order valence-corrected chi connectivity index (χ2v) is 13.0. The summed E-state index contributed by atoms with van der Waals surface area (Å²) < 4.78 is 11.0. The number of fused-ring (bicyclic) bond motifs is 5. The van der Waals surface area contributed by atoms with Crippen molar-refractivity contribution in [1.82, 2.24) is 4.90 Å². The SMILES string of the molecule is COc1ccc(CN(CC(O)CO)CC2(O)CCC3C4=CC=C5CC(O)CCC5(C)C4CCC32C)c(OC)c1. The Labute approximate surface area is 233 Å². The highest BCUT2D eigenvalue weighted by Gasteiger charge is 2.62. The van der Waals surface area contributed by atoms with Crippen LogP contribution >= 0.6 is 0 Å². The summed E-state index contributed by atoms with van der Waals surface area (Å²) in [6, 6.07) is 5.70. The van der Waals surface area contributed by atoms with Crippen LogP contribution in [0.25, 0.3) is 0 Å². The fourth-order valence-electron chi connectivity index (χ4n) is 8.49. The molecular formula is C32H47NO6. The van der Waals surface area contributed by atoms with E-state index < -0.39 is 11.7 Å². The predicted octanol–water partition coefficient (Wildman–Crippen LogP) is 3.83. The molecule has 7 nitrogen and oxygen atoms in total. The molecule has 7 unspecified atom stereocenters. The average molecular weight is 542 g/mol. The summed E-state index contributed by atoms with van der Waals surface area (Å²) in [5.74, 6) is 2.18. The maximum atomic E-state index is 12.4. The lowest BCUT2D eigenvalue weighted by Gasteiger charge is -2.56.